The lowest BCUT2D eigenvalue weighted by molar-refractivity contribution is 0.320. The minimum Gasteiger partial charge on any atom is -0.370 e. The molecule has 2 N–H and O–H groups in total. The number of likely N-dealkylation sites (N-methyl/N-ethyl adjacent to an activating group) is 1. The number of nitrogens with zero attached hydrogens (tertiary/aromatic N) is 3. The van der Waals surface area contributed by atoms with Crippen LogP contribution in [-0.2, 0) is 23.0 Å². The molecule has 2 aromatic carbocycles. The second-order valence-corrected chi connectivity index (χ2v) is 10.2. The van der Waals surface area contributed by atoms with Crippen LogP contribution >= 0.6 is 11.3 Å². The van der Waals surface area contributed by atoms with Gasteiger partial charge in [0.25, 0.3) is 0 Å². The first-order valence-corrected chi connectivity index (χ1v) is 12.6. The first kappa shape index (κ1) is 22.8. The van der Waals surface area contributed by atoms with Gasteiger partial charge in [-0.2, -0.15) is 0 Å². The summed E-state index contributed by atoms with van der Waals surface area (Å²) < 4.78 is 52.5. The number of aromatic nitrogens is 1. The van der Waals surface area contributed by atoms with Crippen LogP contribution in [0.4, 0.5) is 14.5 Å². The van der Waals surface area contributed by atoms with Crippen LogP contribution in [0.5, 0.6) is 0 Å². The average molecular weight is 479 g/mol. The molecule has 0 radical (unpaired) electrons. The number of sulfonamides is 1. The van der Waals surface area contributed by atoms with E-state index in [2.05, 4.69) is 9.88 Å². The number of thiazole rings is 1. The van der Waals surface area contributed by atoms with Crippen LogP contribution in [-0.4, -0.2) is 44.5 Å². The van der Waals surface area contributed by atoms with Gasteiger partial charge < -0.3 is 4.90 Å². The van der Waals surface area contributed by atoms with E-state index in [4.69, 9.17) is 5.14 Å². The van der Waals surface area contributed by atoms with E-state index in [9.17, 15) is 17.2 Å². The van der Waals surface area contributed by atoms with Crippen LogP contribution in [0, 0.1) is 11.6 Å². The second kappa shape index (κ2) is 9.22. The van der Waals surface area contributed by atoms with Gasteiger partial charge in [-0.1, -0.05) is 18.2 Å². The quantitative estimate of drug-likeness (QED) is 0.563. The number of anilines is 1. The van der Waals surface area contributed by atoms with E-state index in [-0.39, 0.29) is 11.9 Å². The monoisotopic (exact) mass is 478 g/mol. The zero-order valence-corrected chi connectivity index (χ0v) is 19.2. The number of likely N-dealkylation sites (tertiary alicyclic amines) is 1. The number of benzene rings is 2. The predicted molar refractivity (Wildman–Crippen MR) is 121 cm³/mol. The average Bonchev–Trinajstić information content (AvgIpc) is 3.41. The molecule has 10 heteroatoms. The first-order valence-electron chi connectivity index (χ1n) is 10.1. The van der Waals surface area contributed by atoms with Crippen molar-refractivity contribution < 1.29 is 17.2 Å². The molecule has 2 heterocycles. The molecule has 170 valence electrons. The molecule has 0 bridgehead atoms. The van der Waals surface area contributed by atoms with Crippen molar-refractivity contribution in [3.05, 3.63) is 75.7 Å². The molecular weight excluding hydrogens is 454 g/mol. The third kappa shape index (κ3) is 4.98. The number of rotatable bonds is 7. The lowest BCUT2D eigenvalue weighted by atomic mass is 10.1. The minimum atomic E-state index is -4.20. The van der Waals surface area contributed by atoms with Gasteiger partial charge in [-0.05, 0) is 30.2 Å². The van der Waals surface area contributed by atoms with E-state index in [1.807, 2.05) is 23.4 Å². The van der Waals surface area contributed by atoms with Crippen molar-refractivity contribution in [2.24, 2.45) is 5.14 Å². The summed E-state index contributed by atoms with van der Waals surface area (Å²) in [5, 5.41) is 7.09. The summed E-state index contributed by atoms with van der Waals surface area (Å²) in [6.07, 6.45) is 1.18. The van der Waals surface area contributed by atoms with E-state index in [0.29, 0.717) is 36.3 Å². The molecule has 1 atom stereocenters. The number of hydrogen-bond donors (Lipinski definition) is 1. The highest BCUT2D eigenvalue weighted by atomic mass is 32.2. The number of nitrogens with two attached hydrogens (primary N) is 1. The molecule has 1 fully saturated rings. The number of hydrogen-bond acceptors (Lipinski definition) is 6. The topological polar surface area (TPSA) is 79.5 Å². The van der Waals surface area contributed by atoms with E-state index in [0.717, 1.165) is 18.7 Å². The fourth-order valence-electron chi connectivity index (χ4n) is 4.13. The standard InChI is InChI=1S/C22H24F2N4O2S2/c1-27(18-6-7-28(12-18)11-15-4-2-3-5-19(15)23)21-10-20(24)22(32(25,29)30)9-16(21)8-17-13-31-14-26-17/h2-5,9-10,13-14,18H,6-8,11-12H2,1H3,(H2,25,29,30)/t18-/m0/s1. The van der Waals surface area contributed by atoms with Crippen LogP contribution in [0.25, 0.3) is 0 Å². The highest BCUT2D eigenvalue weighted by Crippen LogP contribution is 2.31. The van der Waals surface area contributed by atoms with Gasteiger partial charge >= 0.3 is 0 Å². The Balaban J connectivity index is 1.59. The zero-order chi connectivity index (χ0) is 22.9. The van der Waals surface area contributed by atoms with Crippen molar-refractivity contribution in [2.45, 2.75) is 30.3 Å². The van der Waals surface area contributed by atoms with Crippen molar-refractivity contribution in [1.29, 1.82) is 0 Å². The van der Waals surface area contributed by atoms with E-state index >= 15 is 0 Å². The lowest BCUT2D eigenvalue weighted by Gasteiger charge is -2.29. The summed E-state index contributed by atoms with van der Waals surface area (Å²) in [4.78, 5) is 7.88. The summed E-state index contributed by atoms with van der Waals surface area (Å²) >= 11 is 1.43. The van der Waals surface area contributed by atoms with Gasteiger partial charge in [0.15, 0.2) is 0 Å². The zero-order valence-electron chi connectivity index (χ0n) is 17.5. The minimum absolute atomic E-state index is 0.0655. The van der Waals surface area contributed by atoms with Crippen molar-refractivity contribution in [2.75, 3.05) is 25.0 Å². The Morgan fingerprint density at radius 1 is 1.22 bits per heavy atom. The molecule has 1 aromatic heterocycles. The SMILES string of the molecule is CN(c1cc(F)c(S(N)(=O)=O)cc1Cc1cscn1)[C@H]1CCN(Cc2ccccc2F)C1. The van der Waals surface area contributed by atoms with E-state index < -0.39 is 20.7 Å². The molecule has 0 saturated carbocycles. The van der Waals surface area contributed by atoms with Crippen molar-refractivity contribution >= 4 is 27.0 Å². The third-order valence-electron chi connectivity index (χ3n) is 5.82. The Morgan fingerprint density at radius 2 is 2.00 bits per heavy atom. The normalized spacial score (nSPS) is 17.1. The van der Waals surface area contributed by atoms with Gasteiger partial charge in [0, 0.05) is 55.8 Å². The Labute approximate surface area is 190 Å². The summed E-state index contributed by atoms with van der Waals surface area (Å²) in [7, 11) is -2.33. The molecule has 32 heavy (non-hydrogen) atoms. The van der Waals surface area contributed by atoms with Crippen LogP contribution in [0.3, 0.4) is 0 Å². The maximum absolute atomic E-state index is 14.7. The van der Waals surface area contributed by atoms with Crippen molar-refractivity contribution in [1.82, 2.24) is 9.88 Å². The maximum Gasteiger partial charge on any atom is 0.240 e. The fraction of sp³-hybridized carbons (Fsp3) is 0.318. The Bertz CT molecular complexity index is 1200. The number of primary sulfonamides is 1. The summed E-state index contributed by atoms with van der Waals surface area (Å²) in [6.45, 7) is 1.96. The molecule has 0 amide bonds. The molecule has 0 aliphatic carbocycles. The van der Waals surface area contributed by atoms with E-state index in [1.54, 1.807) is 17.6 Å². The Kier molecular flexibility index (Phi) is 6.57. The lowest BCUT2D eigenvalue weighted by Crippen LogP contribution is -2.35. The molecule has 1 aliphatic rings. The Morgan fingerprint density at radius 3 is 2.69 bits per heavy atom. The van der Waals surface area contributed by atoms with Gasteiger partial charge in [0.2, 0.25) is 10.0 Å². The van der Waals surface area contributed by atoms with Crippen LogP contribution in [0.15, 0.2) is 52.2 Å². The third-order valence-corrected chi connectivity index (χ3v) is 7.38. The molecular formula is C22H24F2N4O2S2. The fourth-order valence-corrected chi connectivity index (χ4v) is 5.32. The molecule has 0 unspecified atom stereocenters. The highest BCUT2D eigenvalue weighted by Gasteiger charge is 2.29. The summed E-state index contributed by atoms with van der Waals surface area (Å²) in [5.74, 6) is -1.10. The van der Waals surface area contributed by atoms with Gasteiger partial charge in [0.05, 0.1) is 11.2 Å². The van der Waals surface area contributed by atoms with Gasteiger partial charge in [0.1, 0.15) is 16.5 Å². The summed E-state index contributed by atoms with van der Waals surface area (Å²) in [6, 6.07) is 9.33. The van der Waals surface area contributed by atoms with Crippen LogP contribution in [0.2, 0.25) is 0 Å². The van der Waals surface area contributed by atoms with Gasteiger partial charge in [-0.25, -0.2) is 27.3 Å². The summed E-state index contributed by atoms with van der Waals surface area (Å²) in [5.41, 5.74) is 4.34. The van der Waals surface area contributed by atoms with Crippen molar-refractivity contribution in [3.8, 4) is 0 Å². The first-order chi connectivity index (χ1) is 15.2. The highest BCUT2D eigenvalue weighted by molar-refractivity contribution is 7.89. The number of halogens is 2. The smallest absolute Gasteiger partial charge is 0.240 e. The largest absolute Gasteiger partial charge is 0.370 e. The molecule has 0 spiro atoms. The maximum atomic E-state index is 14.7. The van der Waals surface area contributed by atoms with Crippen molar-refractivity contribution in [3.63, 3.8) is 0 Å². The van der Waals surface area contributed by atoms with Gasteiger partial charge in [-0.15, -0.1) is 11.3 Å². The molecule has 1 aliphatic heterocycles. The molecule has 6 nitrogen and oxygen atoms in total. The van der Waals surface area contributed by atoms with Gasteiger partial charge in [-0.3, -0.25) is 4.90 Å². The molecule has 4 rings (SSSR count). The predicted octanol–water partition coefficient (Wildman–Crippen LogP) is 3.37. The van der Waals surface area contributed by atoms with Crippen LogP contribution in [0.1, 0.15) is 23.2 Å². The second-order valence-electron chi connectivity index (χ2n) is 7.99. The molecule has 1 saturated heterocycles. The Hall–Kier alpha value is -2.40. The molecule has 3 aromatic rings. The van der Waals surface area contributed by atoms with Crippen LogP contribution < -0.4 is 10.0 Å². The van der Waals surface area contributed by atoms with E-state index in [1.165, 1.54) is 29.5 Å².